The first-order valence-electron chi connectivity index (χ1n) is 7.43. The van der Waals surface area contributed by atoms with Crippen LogP contribution in [0.4, 0.5) is 0 Å². The maximum Gasteiger partial charge on any atom is 0.304 e. The van der Waals surface area contributed by atoms with Gasteiger partial charge in [0.25, 0.3) is 0 Å². The lowest BCUT2D eigenvalue weighted by Gasteiger charge is -2.29. The first-order valence-corrected chi connectivity index (χ1v) is 7.43. The maximum atomic E-state index is 11.0. The van der Waals surface area contributed by atoms with Crippen LogP contribution in [0, 0.1) is 5.41 Å². The largest absolute Gasteiger partial charge is 0.481 e. The fourth-order valence-corrected chi connectivity index (χ4v) is 2.76. The van der Waals surface area contributed by atoms with Crippen molar-refractivity contribution >= 4 is 23.9 Å². The summed E-state index contributed by atoms with van der Waals surface area (Å²) in [4.78, 5) is 43.7. The Bertz CT molecular complexity index is 425. The molecule has 0 spiro atoms. The Morgan fingerprint density at radius 2 is 1.29 bits per heavy atom. The van der Waals surface area contributed by atoms with Crippen molar-refractivity contribution in [3.8, 4) is 0 Å². The number of carboxylic acid groups (broad SMARTS) is 4. The summed E-state index contributed by atoms with van der Waals surface area (Å²) in [6.07, 6.45) is -0.526. The number of unbranched alkanes of at least 4 members (excludes halogenated alkanes) is 1. The van der Waals surface area contributed by atoms with Gasteiger partial charge in [-0.15, -0.1) is 0 Å². The molecule has 10 heteroatoms. The summed E-state index contributed by atoms with van der Waals surface area (Å²) in [6, 6.07) is -0.463. The van der Waals surface area contributed by atoms with Crippen LogP contribution in [-0.4, -0.2) is 50.3 Å². The van der Waals surface area contributed by atoms with E-state index >= 15 is 0 Å². The van der Waals surface area contributed by atoms with Crippen LogP contribution in [0.15, 0.2) is 0 Å². The van der Waals surface area contributed by atoms with Crippen LogP contribution in [0.25, 0.3) is 0 Å². The van der Waals surface area contributed by atoms with Crippen LogP contribution in [0.5, 0.6) is 0 Å². The number of aliphatic carboxylic acids is 4. The Kier molecular flexibility index (Phi) is 9.58. The molecule has 0 aromatic carbocycles. The molecule has 0 aromatic rings. The number of carboxylic acids is 4. The predicted molar refractivity (Wildman–Crippen MR) is 81.0 cm³/mol. The minimum atomic E-state index is -1.37. The van der Waals surface area contributed by atoms with E-state index in [4.69, 9.17) is 26.3 Å². The number of nitrogens with two attached hydrogens (primary N) is 1. The van der Waals surface area contributed by atoms with E-state index < -0.39 is 54.6 Å². The van der Waals surface area contributed by atoms with Crippen LogP contribution in [0.1, 0.15) is 51.4 Å². The topological polar surface area (TPSA) is 187 Å². The summed E-state index contributed by atoms with van der Waals surface area (Å²) >= 11 is 0. The van der Waals surface area contributed by atoms with E-state index in [-0.39, 0.29) is 12.8 Å². The second-order valence-corrected chi connectivity index (χ2v) is 5.92. The van der Waals surface area contributed by atoms with Crippen molar-refractivity contribution in [2.75, 3.05) is 0 Å². The van der Waals surface area contributed by atoms with Crippen LogP contribution >= 0.6 is 0 Å². The SMILES string of the molecule is NNC(CCCCC(CC(=O)O)(CC(=O)O)CC(=O)O)CC(=O)O. The lowest BCUT2D eigenvalue weighted by Crippen LogP contribution is -2.36. The van der Waals surface area contributed by atoms with E-state index in [9.17, 15) is 19.2 Å². The molecule has 0 rings (SSSR count). The Hall–Kier alpha value is -2.20. The molecule has 0 heterocycles. The lowest BCUT2D eigenvalue weighted by atomic mass is 9.74. The minimum absolute atomic E-state index is 0.0995. The Morgan fingerprint density at radius 3 is 1.62 bits per heavy atom. The Balaban J connectivity index is 4.79. The first-order chi connectivity index (χ1) is 11.1. The van der Waals surface area contributed by atoms with Crippen LogP contribution < -0.4 is 11.3 Å². The van der Waals surface area contributed by atoms with Gasteiger partial charge >= 0.3 is 23.9 Å². The molecular formula is C14H24N2O8. The molecule has 0 aliphatic rings. The molecule has 0 saturated carbocycles. The average Bonchev–Trinajstić information content (AvgIpc) is 2.39. The summed E-state index contributed by atoms with van der Waals surface area (Å²) in [6.45, 7) is 0. The van der Waals surface area contributed by atoms with Gasteiger partial charge in [-0.2, -0.15) is 0 Å². The van der Waals surface area contributed by atoms with Crippen LogP contribution in [-0.2, 0) is 19.2 Å². The number of nitrogens with one attached hydrogen (secondary N) is 1. The Morgan fingerprint density at radius 1 is 0.833 bits per heavy atom. The number of hydrogen-bond acceptors (Lipinski definition) is 6. The first kappa shape index (κ1) is 21.8. The highest BCUT2D eigenvalue weighted by atomic mass is 16.4. The predicted octanol–water partition coefficient (Wildman–Crippen LogP) is 0.264. The maximum absolute atomic E-state index is 11.0. The van der Waals surface area contributed by atoms with Gasteiger partial charge in [0.15, 0.2) is 0 Å². The van der Waals surface area contributed by atoms with Gasteiger partial charge in [-0.05, 0) is 12.8 Å². The van der Waals surface area contributed by atoms with Gasteiger partial charge in [0, 0.05) is 11.5 Å². The third-order valence-electron chi connectivity index (χ3n) is 3.75. The van der Waals surface area contributed by atoms with Crippen molar-refractivity contribution in [2.45, 2.75) is 57.4 Å². The van der Waals surface area contributed by atoms with Gasteiger partial charge in [-0.1, -0.05) is 12.8 Å². The van der Waals surface area contributed by atoms with E-state index in [1.807, 2.05) is 0 Å². The summed E-state index contributed by atoms with van der Waals surface area (Å²) in [5.74, 6) is 0.444. The van der Waals surface area contributed by atoms with Crippen molar-refractivity contribution in [3.05, 3.63) is 0 Å². The van der Waals surface area contributed by atoms with Crippen LogP contribution in [0.2, 0.25) is 0 Å². The lowest BCUT2D eigenvalue weighted by molar-refractivity contribution is -0.148. The number of rotatable bonds is 14. The normalized spacial score (nSPS) is 12.5. The second-order valence-electron chi connectivity index (χ2n) is 5.92. The summed E-state index contributed by atoms with van der Waals surface area (Å²) in [7, 11) is 0. The van der Waals surface area contributed by atoms with E-state index in [1.54, 1.807) is 0 Å². The summed E-state index contributed by atoms with van der Waals surface area (Å²) in [5, 5.41) is 35.6. The molecule has 0 radical (unpaired) electrons. The van der Waals surface area contributed by atoms with Gasteiger partial charge in [0.1, 0.15) is 0 Å². The van der Waals surface area contributed by atoms with Crippen molar-refractivity contribution in [1.29, 1.82) is 0 Å². The second kappa shape index (κ2) is 10.6. The highest BCUT2D eigenvalue weighted by molar-refractivity contribution is 5.75. The van der Waals surface area contributed by atoms with E-state index in [0.717, 1.165) is 0 Å². The Labute approximate surface area is 138 Å². The van der Waals surface area contributed by atoms with Gasteiger partial charge in [-0.3, -0.25) is 30.4 Å². The molecule has 0 aromatic heterocycles. The molecule has 1 unspecified atom stereocenters. The van der Waals surface area contributed by atoms with Crippen molar-refractivity contribution in [1.82, 2.24) is 5.43 Å². The molecule has 10 nitrogen and oxygen atoms in total. The molecule has 0 amide bonds. The number of hydrazine groups is 1. The third-order valence-corrected chi connectivity index (χ3v) is 3.75. The molecule has 0 saturated heterocycles. The van der Waals surface area contributed by atoms with Gasteiger partial charge in [0.2, 0.25) is 0 Å². The molecule has 0 fully saturated rings. The fraction of sp³-hybridized carbons (Fsp3) is 0.714. The molecule has 1 atom stereocenters. The monoisotopic (exact) mass is 348 g/mol. The molecule has 138 valence electrons. The van der Waals surface area contributed by atoms with E-state index in [0.29, 0.717) is 19.3 Å². The van der Waals surface area contributed by atoms with Crippen LogP contribution in [0.3, 0.4) is 0 Å². The average molecular weight is 348 g/mol. The van der Waals surface area contributed by atoms with Crippen molar-refractivity contribution in [3.63, 3.8) is 0 Å². The standard InChI is InChI=1S/C14H24N2O8/c15-16-9(5-10(17)18)3-1-2-4-14(6-11(19)20,7-12(21)22)8-13(23)24/h9,16H,1-8,15H2,(H,17,18)(H,19,20)(H,21,22)(H,23,24). The molecule has 7 N–H and O–H groups in total. The summed E-state index contributed by atoms with van der Waals surface area (Å²) in [5.41, 5.74) is 0.991. The van der Waals surface area contributed by atoms with Gasteiger partial charge in [-0.25, -0.2) is 0 Å². The molecule has 24 heavy (non-hydrogen) atoms. The minimum Gasteiger partial charge on any atom is -0.481 e. The van der Waals surface area contributed by atoms with Crippen molar-refractivity contribution in [2.24, 2.45) is 11.3 Å². The van der Waals surface area contributed by atoms with Gasteiger partial charge < -0.3 is 20.4 Å². The van der Waals surface area contributed by atoms with Gasteiger partial charge in [0.05, 0.1) is 25.7 Å². The van der Waals surface area contributed by atoms with E-state index in [1.165, 1.54) is 0 Å². The number of carbonyl (C=O) groups is 4. The fourth-order valence-electron chi connectivity index (χ4n) is 2.76. The molecule has 0 aliphatic heterocycles. The summed E-state index contributed by atoms with van der Waals surface area (Å²) < 4.78 is 0. The highest BCUT2D eigenvalue weighted by Crippen LogP contribution is 2.37. The number of hydrogen-bond donors (Lipinski definition) is 6. The van der Waals surface area contributed by atoms with E-state index in [2.05, 4.69) is 5.43 Å². The smallest absolute Gasteiger partial charge is 0.304 e. The molecule has 0 bridgehead atoms. The molecular weight excluding hydrogens is 324 g/mol. The quantitative estimate of drug-likeness (QED) is 0.144. The zero-order valence-corrected chi connectivity index (χ0v) is 13.2. The highest BCUT2D eigenvalue weighted by Gasteiger charge is 2.37. The zero-order chi connectivity index (χ0) is 18.8. The molecule has 0 aliphatic carbocycles. The zero-order valence-electron chi connectivity index (χ0n) is 13.2. The third kappa shape index (κ3) is 9.74. The van der Waals surface area contributed by atoms with Crippen molar-refractivity contribution < 1.29 is 39.6 Å².